The monoisotopic (exact) mass is 465 g/mol. The summed E-state index contributed by atoms with van der Waals surface area (Å²) in [6, 6.07) is 14.8. The van der Waals surface area contributed by atoms with Crippen LogP contribution in [0.5, 0.6) is 0 Å². The Morgan fingerprint density at radius 3 is 2.35 bits per heavy atom. The molecule has 2 amide bonds. The first-order valence-electron chi connectivity index (χ1n) is 11.7. The Morgan fingerprint density at radius 2 is 1.74 bits per heavy atom. The topological polar surface area (TPSA) is 108 Å². The molecule has 8 nitrogen and oxygen atoms in total. The third-order valence-electron chi connectivity index (χ3n) is 6.62. The number of alkyl carbamates (subject to hydrolysis) is 1. The summed E-state index contributed by atoms with van der Waals surface area (Å²) in [5, 5.41) is 14.5. The first kappa shape index (κ1) is 23.8. The molecule has 1 aliphatic heterocycles. The average Bonchev–Trinajstić information content (AvgIpc) is 3.14. The number of nitrogens with one attached hydrogen (secondary N) is 2. The fourth-order valence-electron chi connectivity index (χ4n) is 4.97. The molecular formula is C26H31N3O5. The van der Waals surface area contributed by atoms with Crippen molar-refractivity contribution in [2.75, 3.05) is 33.3 Å². The van der Waals surface area contributed by atoms with E-state index in [1.54, 1.807) is 0 Å². The molecule has 1 heterocycles. The van der Waals surface area contributed by atoms with Gasteiger partial charge >= 0.3 is 12.1 Å². The van der Waals surface area contributed by atoms with Crippen LogP contribution in [0.25, 0.3) is 11.1 Å². The zero-order valence-electron chi connectivity index (χ0n) is 19.3. The number of ether oxygens (including phenoxy) is 1. The summed E-state index contributed by atoms with van der Waals surface area (Å²) in [4.78, 5) is 38.7. The van der Waals surface area contributed by atoms with Crippen LogP contribution in [0.1, 0.15) is 36.3 Å². The Labute approximate surface area is 199 Å². The van der Waals surface area contributed by atoms with Crippen LogP contribution in [0.3, 0.4) is 0 Å². The van der Waals surface area contributed by atoms with E-state index in [9.17, 15) is 19.5 Å². The van der Waals surface area contributed by atoms with Crippen molar-refractivity contribution < 1.29 is 24.2 Å². The highest BCUT2D eigenvalue weighted by molar-refractivity contribution is 5.89. The smallest absolute Gasteiger partial charge is 0.407 e. The fourth-order valence-corrected chi connectivity index (χ4v) is 4.97. The number of amides is 2. The largest absolute Gasteiger partial charge is 0.481 e. The van der Waals surface area contributed by atoms with Crippen molar-refractivity contribution >= 4 is 18.0 Å². The summed E-state index contributed by atoms with van der Waals surface area (Å²) in [7, 11) is 2.04. The van der Waals surface area contributed by atoms with Crippen molar-refractivity contribution in [1.29, 1.82) is 0 Å². The van der Waals surface area contributed by atoms with Crippen LogP contribution in [0.2, 0.25) is 0 Å². The molecule has 2 aromatic rings. The molecule has 0 aromatic heterocycles. The summed E-state index contributed by atoms with van der Waals surface area (Å²) in [6.45, 7) is 2.46. The molecule has 2 aromatic carbocycles. The lowest BCUT2D eigenvalue weighted by Gasteiger charge is -2.30. The van der Waals surface area contributed by atoms with Crippen molar-refractivity contribution in [2.45, 2.75) is 31.2 Å². The van der Waals surface area contributed by atoms with Gasteiger partial charge in [0.2, 0.25) is 5.91 Å². The quantitative estimate of drug-likeness (QED) is 0.553. The molecule has 0 spiro atoms. The van der Waals surface area contributed by atoms with E-state index < -0.39 is 30.4 Å². The van der Waals surface area contributed by atoms with Gasteiger partial charge in [-0.15, -0.1) is 0 Å². The molecule has 8 heteroatoms. The van der Waals surface area contributed by atoms with Crippen LogP contribution in [-0.2, 0) is 14.3 Å². The van der Waals surface area contributed by atoms with Crippen molar-refractivity contribution in [3.8, 4) is 11.1 Å². The van der Waals surface area contributed by atoms with Crippen LogP contribution in [-0.4, -0.2) is 67.3 Å². The second-order valence-electron chi connectivity index (χ2n) is 9.14. The van der Waals surface area contributed by atoms with Crippen LogP contribution >= 0.6 is 0 Å². The molecule has 0 saturated carbocycles. The molecular weight excluding hydrogens is 434 g/mol. The molecule has 0 bridgehead atoms. The van der Waals surface area contributed by atoms with Gasteiger partial charge in [0.15, 0.2) is 0 Å². The maximum Gasteiger partial charge on any atom is 0.407 e. The van der Waals surface area contributed by atoms with Crippen LogP contribution in [0.15, 0.2) is 48.5 Å². The van der Waals surface area contributed by atoms with E-state index in [4.69, 9.17) is 4.74 Å². The highest BCUT2D eigenvalue weighted by atomic mass is 16.5. The van der Waals surface area contributed by atoms with Gasteiger partial charge in [0.05, 0.1) is 6.42 Å². The van der Waals surface area contributed by atoms with Gasteiger partial charge in [-0.2, -0.15) is 0 Å². The number of benzene rings is 2. The molecule has 2 atom stereocenters. The van der Waals surface area contributed by atoms with E-state index in [0.29, 0.717) is 12.5 Å². The summed E-state index contributed by atoms with van der Waals surface area (Å²) >= 11 is 0. The molecule has 1 saturated heterocycles. The normalized spacial score (nSPS) is 18.4. The number of hydrogen-bond donors (Lipinski definition) is 3. The standard InChI is InChI=1S/C26H31N3O5/c1-29-12-6-7-17(15-29)14-27-25(32)23(13-24(30)31)28-26(33)34-16-22-20-10-4-2-8-18(20)19-9-3-5-11-21(19)22/h2-5,8-11,17,22-23H,6-7,12-16H2,1H3,(H,27,32)(H,28,33)(H,30,31). The van der Waals surface area contributed by atoms with Gasteiger partial charge in [-0.25, -0.2) is 4.79 Å². The highest BCUT2D eigenvalue weighted by Crippen LogP contribution is 2.44. The van der Waals surface area contributed by atoms with Crippen LogP contribution in [0, 0.1) is 5.92 Å². The van der Waals surface area contributed by atoms with Gasteiger partial charge in [-0.1, -0.05) is 48.5 Å². The van der Waals surface area contributed by atoms with E-state index in [1.165, 1.54) is 0 Å². The first-order chi connectivity index (χ1) is 16.4. The van der Waals surface area contributed by atoms with Gasteiger partial charge in [-0.05, 0) is 54.6 Å². The maximum absolute atomic E-state index is 12.7. The Balaban J connectivity index is 1.35. The number of piperidine rings is 1. The Hall–Kier alpha value is -3.39. The number of fused-ring (bicyclic) bond motifs is 3. The summed E-state index contributed by atoms with van der Waals surface area (Å²) < 4.78 is 5.48. The number of likely N-dealkylation sites (tertiary alicyclic amines) is 1. The maximum atomic E-state index is 12.7. The predicted octanol–water partition coefficient (Wildman–Crippen LogP) is 2.83. The molecule has 0 radical (unpaired) electrons. The second kappa shape index (κ2) is 10.7. The van der Waals surface area contributed by atoms with E-state index in [2.05, 4.69) is 15.5 Å². The fraction of sp³-hybridized carbons (Fsp3) is 0.423. The van der Waals surface area contributed by atoms with Gasteiger partial charge in [0.25, 0.3) is 0 Å². The lowest BCUT2D eigenvalue weighted by atomic mass is 9.98. The lowest BCUT2D eigenvalue weighted by molar-refractivity contribution is -0.139. The molecule has 4 rings (SSSR count). The number of carbonyl (C=O) groups is 3. The van der Waals surface area contributed by atoms with Crippen molar-refractivity contribution in [1.82, 2.24) is 15.5 Å². The van der Waals surface area contributed by atoms with Crippen LogP contribution in [0.4, 0.5) is 4.79 Å². The summed E-state index contributed by atoms with van der Waals surface area (Å²) in [5.74, 6) is -1.49. The van der Waals surface area contributed by atoms with E-state index >= 15 is 0 Å². The lowest BCUT2D eigenvalue weighted by Crippen LogP contribution is -2.50. The minimum Gasteiger partial charge on any atom is -0.481 e. The molecule has 1 aliphatic carbocycles. The van der Waals surface area contributed by atoms with Crippen molar-refractivity contribution in [3.05, 3.63) is 59.7 Å². The number of carboxylic acids is 1. The van der Waals surface area contributed by atoms with Gasteiger partial charge < -0.3 is 25.4 Å². The van der Waals surface area contributed by atoms with Gasteiger partial charge in [0.1, 0.15) is 12.6 Å². The number of rotatable bonds is 8. The van der Waals surface area contributed by atoms with Crippen molar-refractivity contribution in [3.63, 3.8) is 0 Å². The Bertz CT molecular complexity index is 1010. The zero-order valence-corrected chi connectivity index (χ0v) is 19.3. The van der Waals surface area contributed by atoms with Gasteiger partial charge in [-0.3, -0.25) is 9.59 Å². The van der Waals surface area contributed by atoms with Crippen LogP contribution < -0.4 is 10.6 Å². The molecule has 2 aliphatic rings. The third kappa shape index (κ3) is 5.56. The minimum absolute atomic E-state index is 0.0929. The number of aliphatic carboxylic acids is 1. The number of nitrogens with zero attached hydrogens (tertiary/aromatic N) is 1. The van der Waals surface area contributed by atoms with E-state index in [0.717, 1.165) is 48.2 Å². The second-order valence-corrected chi connectivity index (χ2v) is 9.14. The Kier molecular flexibility index (Phi) is 7.47. The molecule has 1 fully saturated rings. The molecule has 2 unspecified atom stereocenters. The molecule has 34 heavy (non-hydrogen) atoms. The third-order valence-corrected chi connectivity index (χ3v) is 6.62. The first-order valence-corrected chi connectivity index (χ1v) is 11.7. The molecule has 180 valence electrons. The predicted molar refractivity (Wildman–Crippen MR) is 127 cm³/mol. The number of carbonyl (C=O) groups excluding carboxylic acids is 2. The van der Waals surface area contributed by atoms with E-state index in [-0.39, 0.29) is 12.5 Å². The van der Waals surface area contributed by atoms with Crippen molar-refractivity contribution in [2.24, 2.45) is 5.92 Å². The molecule has 3 N–H and O–H groups in total. The SMILES string of the molecule is CN1CCCC(CNC(=O)C(CC(=O)O)NC(=O)OCC2c3ccccc3-c3ccccc32)C1. The zero-order chi connectivity index (χ0) is 24.1. The van der Waals surface area contributed by atoms with E-state index in [1.807, 2.05) is 55.6 Å². The number of carboxylic acid groups (broad SMARTS) is 1. The summed E-state index contributed by atoms with van der Waals surface area (Å²) in [6.07, 6.45) is 0.753. The average molecular weight is 466 g/mol. The highest BCUT2D eigenvalue weighted by Gasteiger charge is 2.30. The number of hydrogen-bond acceptors (Lipinski definition) is 5. The minimum atomic E-state index is -1.20. The summed E-state index contributed by atoms with van der Waals surface area (Å²) in [5.41, 5.74) is 4.38. The van der Waals surface area contributed by atoms with Gasteiger partial charge in [0, 0.05) is 19.0 Å². The Morgan fingerprint density at radius 1 is 1.09 bits per heavy atom.